The summed E-state index contributed by atoms with van der Waals surface area (Å²) < 4.78 is 5.04. The summed E-state index contributed by atoms with van der Waals surface area (Å²) in [6.07, 6.45) is 2.11. The van der Waals surface area contributed by atoms with Crippen molar-refractivity contribution in [1.82, 2.24) is 5.43 Å². The number of ether oxygens (including phenoxy) is 1. The molecule has 0 aromatic rings. The molecule has 2 amide bonds. The van der Waals surface area contributed by atoms with Crippen molar-refractivity contribution in [1.29, 1.82) is 0 Å². The lowest BCUT2D eigenvalue weighted by atomic mass is 9.98. The number of hydrogen-bond donors (Lipinski definition) is 2. The first-order valence-electron chi connectivity index (χ1n) is 5.28. The summed E-state index contributed by atoms with van der Waals surface area (Å²) in [6, 6.07) is -0.687. The number of nitrogens with two attached hydrogens (primary N) is 1. The van der Waals surface area contributed by atoms with Gasteiger partial charge >= 0.3 is 12.0 Å². The Labute approximate surface area is 94.2 Å². The smallest absolute Gasteiger partial charge is 0.332 e. The van der Waals surface area contributed by atoms with Gasteiger partial charge < -0.3 is 10.5 Å². The first kappa shape index (κ1) is 12.5. The van der Waals surface area contributed by atoms with Crippen molar-refractivity contribution in [3.05, 3.63) is 0 Å². The quantitative estimate of drug-likeness (QED) is 0.422. The van der Waals surface area contributed by atoms with Crippen LogP contribution in [0.15, 0.2) is 5.10 Å². The van der Waals surface area contributed by atoms with Gasteiger partial charge in [-0.2, -0.15) is 5.10 Å². The Morgan fingerprint density at radius 2 is 2.38 bits per heavy atom. The number of esters is 1. The number of amides is 2. The number of primary amides is 1. The van der Waals surface area contributed by atoms with E-state index in [1.54, 1.807) is 6.92 Å². The number of carbonyl (C=O) groups excluding carboxylic acids is 2. The van der Waals surface area contributed by atoms with E-state index in [0.29, 0.717) is 12.8 Å². The number of nitrogens with one attached hydrogen (secondary N) is 1. The van der Waals surface area contributed by atoms with E-state index in [9.17, 15) is 9.59 Å². The molecule has 1 heterocycles. The molecule has 90 valence electrons. The highest BCUT2D eigenvalue weighted by Crippen LogP contribution is 2.24. The van der Waals surface area contributed by atoms with Crippen LogP contribution >= 0.6 is 0 Å². The molecule has 1 fully saturated rings. The van der Waals surface area contributed by atoms with Crippen LogP contribution in [0.2, 0.25) is 0 Å². The Kier molecular flexibility index (Phi) is 4.28. The molecule has 6 heteroatoms. The molecule has 1 saturated heterocycles. The molecule has 0 aliphatic carbocycles. The fourth-order valence-corrected chi connectivity index (χ4v) is 1.66. The molecular weight excluding hydrogens is 210 g/mol. The monoisotopic (exact) mass is 227 g/mol. The number of hydrazone groups is 1. The average molecular weight is 227 g/mol. The summed E-state index contributed by atoms with van der Waals surface area (Å²) in [7, 11) is 0. The van der Waals surface area contributed by atoms with Crippen molar-refractivity contribution < 1.29 is 14.3 Å². The van der Waals surface area contributed by atoms with Crippen molar-refractivity contribution in [3.8, 4) is 0 Å². The molecule has 1 rings (SSSR count). The Bertz CT molecular complexity index is 314. The topological polar surface area (TPSA) is 93.8 Å². The van der Waals surface area contributed by atoms with Crippen molar-refractivity contribution in [2.24, 2.45) is 16.8 Å². The number of urea groups is 1. The van der Waals surface area contributed by atoms with Gasteiger partial charge in [0.1, 0.15) is 0 Å². The van der Waals surface area contributed by atoms with Gasteiger partial charge in [-0.25, -0.2) is 10.2 Å². The molecule has 1 aliphatic rings. The van der Waals surface area contributed by atoms with Crippen LogP contribution in [0.25, 0.3) is 0 Å². The predicted octanol–water partition coefficient (Wildman–Crippen LogP) is 0.762. The number of nitrogens with zero attached hydrogens (tertiary/aromatic N) is 1. The van der Waals surface area contributed by atoms with Crippen LogP contribution in [-0.2, 0) is 9.53 Å². The lowest BCUT2D eigenvalue weighted by Crippen LogP contribution is -2.25. The highest BCUT2D eigenvalue weighted by Gasteiger charge is 2.31. The molecule has 1 aliphatic heterocycles. The largest absolute Gasteiger partial charge is 0.462 e. The zero-order valence-corrected chi connectivity index (χ0v) is 9.53. The minimum absolute atomic E-state index is 0.0125. The third kappa shape index (κ3) is 3.88. The van der Waals surface area contributed by atoms with Crippen LogP contribution in [-0.4, -0.2) is 23.8 Å². The first-order chi connectivity index (χ1) is 7.49. The summed E-state index contributed by atoms with van der Waals surface area (Å²) in [5, 5.41) is 3.77. The van der Waals surface area contributed by atoms with E-state index in [1.165, 1.54) is 0 Å². The SMILES string of the molecule is C/C(CC[C@H]1C[C@H](C)OC1=O)=N/NC(N)=O. The average Bonchev–Trinajstić information content (AvgIpc) is 2.51. The second kappa shape index (κ2) is 5.48. The molecule has 0 bridgehead atoms. The second-order valence-electron chi connectivity index (χ2n) is 4.04. The van der Waals surface area contributed by atoms with Gasteiger partial charge in [-0.1, -0.05) is 0 Å². The number of rotatable bonds is 4. The lowest BCUT2D eigenvalue weighted by Gasteiger charge is -2.04. The maximum atomic E-state index is 11.3. The van der Waals surface area contributed by atoms with Crippen molar-refractivity contribution >= 4 is 17.7 Å². The number of hydrogen-bond acceptors (Lipinski definition) is 4. The van der Waals surface area contributed by atoms with Crippen molar-refractivity contribution in [2.75, 3.05) is 0 Å². The van der Waals surface area contributed by atoms with Crippen LogP contribution in [0.1, 0.15) is 33.1 Å². The minimum atomic E-state index is -0.687. The predicted molar refractivity (Wildman–Crippen MR) is 58.7 cm³/mol. The van der Waals surface area contributed by atoms with Gasteiger partial charge in [0, 0.05) is 5.71 Å². The Balaban J connectivity index is 2.31. The van der Waals surface area contributed by atoms with Crippen LogP contribution in [0.4, 0.5) is 4.79 Å². The lowest BCUT2D eigenvalue weighted by molar-refractivity contribution is -0.143. The third-order valence-electron chi connectivity index (χ3n) is 2.48. The fourth-order valence-electron chi connectivity index (χ4n) is 1.66. The molecule has 0 aromatic heterocycles. The zero-order valence-electron chi connectivity index (χ0n) is 9.53. The van der Waals surface area contributed by atoms with Gasteiger partial charge in [-0.3, -0.25) is 4.79 Å². The van der Waals surface area contributed by atoms with Gasteiger partial charge in [-0.05, 0) is 33.1 Å². The van der Waals surface area contributed by atoms with Gasteiger partial charge in [0.05, 0.1) is 12.0 Å². The van der Waals surface area contributed by atoms with Crippen molar-refractivity contribution in [2.45, 2.75) is 39.2 Å². The van der Waals surface area contributed by atoms with E-state index in [2.05, 4.69) is 10.5 Å². The molecule has 3 N–H and O–H groups in total. The number of carbonyl (C=O) groups is 2. The van der Waals surface area contributed by atoms with E-state index in [-0.39, 0.29) is 18.0 Å². The van der Waals surface area contributed by atoms with Crippen molar-refractivity contribution in [3.63, 3.8) is 0 Å². The molecule has 0 spiro atoms. The maximum absolute atomic E-state index is 11.3. The molecule has 0 radical (unpaired) electrons. The molecule has 16 heavy (non-hydrogen) atoms. The molecule has 0 unspecified atom stereocenters. The Hall–Kier alpha value is -1.59. The molecule has 2 atom stereocenters. The Morgan fingerprint density at radius 3 is 2.88 bits per heavy atom. The molecule has 0 aromatic carbocycles. The normalized spacial score (nSPS) is 25.4. The Morgan fingerprint density at radius 1 is 1.69 bits per heavy atom. The van der Waals surface area contributed by atoms with Crippen LogP contribution in [0.5, 0.6) is 0 Å². The first-order valence-corrected chi connectivity index (χ1v) is 5.28. The summed E-state index contributed by atoms with van der Waals surface area (Å²) in [6.45, 7) is 3.66. The van der Waals surface area contributed by atoms with E-state index >= 15 is 0 Å². The summed E-state index contributed by atoms with van der Waals surface area (Å²) in [5.74, 6) is -0.183. The zero-order chi connectivity index (χ0) is 12.1. The highest BCUT2D eigenvalue weighted by molar-refractivity contribution is 5.84. The van der Waals surface area contributed by atoms with E-state index in [0.717, 1.165) is 12.1 Å². The summed E-state index contributed by atoms with van der Waals surface area (Å²) in [4.78, 5) is 21.7. The van der Waals surface area contributed by atoms with Crippen LogP contribution in [0.3, 0.4) is 0 Å². The fraction of sp³-hybridized carbons (Fsp3) is 0.700. The summed E-state index contributed by atoms with van der Waals surface area (Å²) >= 11 is 0. The van der Waals surface area contributed by atoms with Gasteiger partial charge in [0.25, 0.3) is 0 Å². The highest BCUT2D eigenvalue weighted by atomic mass is 16.5. The van der Waals surface area contributed by atoms with E-state index in [1.807, 2.05) is 6.92 Å². The van der Waals surface area contributed by atoms with E-state index in [4.69, 9.17) is 10.5 Å². The minimum Gasteiger partial charge on any atom is -0.462 e. The van der Waals surface area contributed by atoms with Gasteiger partial charge in [0.2, 0.25) is 0 Å². The number of cyclic esters (lactones) is 1. The standard InChI is InChI=1S/C10H17N3O3/c1-6(12-13-10(11)15)3-4-8-5-7(2)16-9(8)14/h7-8H,3-5H2,1-2H3,(H3,11,13,15)/b12-6-/t7-,8-/m0/s1. The van der Waals surface area contributed by atoms with Crippen LogP contribution in [0, 0.1) is 5.92 Å². The van der Waals surface area contributed by atoms with E-state index < -0.39 is 6.03 Å². The van der Waals surface area contributed by atoms with Crippen LogP contribution < -0.4 is 11.2 Å². The molecule has 0 saturated carbocycles. The second-order valence-corrected chi connectivity index (χ2v) is 4.04. The molecular formula is C10H17N3O3. The maximum Gasteiger partial charge on any atom is 0.332 e. The van der Waals surface area contributed by atoms with Gasteiger partial charge in [-0.15, -0.1) is 0 Å². The summed E-state index contributed by atoms with van der Waals surface area (Å²) in [5.41, 5.74) is 7.76. The van der Waals surface area contributed by atoms with Gasteiger partial charge in [0.15, 0.2) is 0 Å². The third-order valence-corrected chi connectivity index (χ3v) is 2.48. The molecule has 6 nitrogen and oxygen atoms in total.